The maximum absolute atomic E-state index is 13.0. The van der Waals surface area contributed by atoms with Crippen molar-refractivity contribution >= 4 is 28.2 Å². The molecule has 2 N–H and O–H groups in total. The number of Topliss-reactive ketones (excluding diaryl/α,β-unsaturated/α-hetero) is 1. The van der Waals surface area contributed by atoms with Gasteiger partial charge in [0.25, 0.3) is 0 Å². The van der Waals surface area contributed by atoms with Gasteiger partial charge in [0, 0.05) is 0 Å². The highest BCUT2D eigenvalue weighted by molar-refractivity contribution is 6.31. The second-order valence-electron chi connectivity index (χ2n) is 6.33. The number of carbonyl (C=O) groups excluding carboxylic acids is 1. The van der Waals surface area contributed by atoms with Crippen molar-refractivity contribution in [1.29, 1.82) is 0 Å². The van der Waals surface area contributed by atoms with Gasteiger partial charge in [-0.3, -0.25) is 4.79 Å². The van der Waals surface area contributed by atoms with Gasteiger partial charge < -0.3 is 10.5 Å². The Balaban J connectivity index is 1.74. The lowest BCUT2D eigenvalue weighted by Gasteiger charge is -2.08. The first-order valence-electron chi connectivity index (χ1n) is 8.44. The molecule has 0 amide bonds. The van der Waals surface area contributed by atoms with Gasteiger partial charge in [-0.2, -0.15) is 13.2 Å². The van der Waals surface area contributed by atoms with Crippen molar-refractivity contribution in [1.82, 2.24) is 0 Å². The van der Waals surface area contributed by atoms with E-state index in [9.17, 15) is 18.0 Å². The second-order valence-corrected chi connectivity index (χ2v) is 6.33. The number of benzene rings is 3. The van der Waals surface area contributed by atoms with E-state index in [4.69, 9.17) is 10.5 Å². The average molecular weight is 381 g/mol. The fourth-order valence-electron chi connectivity index (χ4n) is 3.19. The Hall–Kier alpha value is -3.54. The topological polar surface area (TPSA) is 52.3 Å². The van der Waals surface area contributed by atoms with Gasteiger partial charge in [-0.05, 0) is 40.1 Å². The fourth-order valence-corrected chi connectivity index (χ4v) is 3.19. The van der Waals surface area contributed by atoms with E-state index < -0.39 is 17.5 Å². The SMILES string of the molecule is NC1=C(c2cccc(C(F)(F)F)c2)C(=O)C(=Cc2cccc3ccccc23)O1. The molecule has 1 heterocycles. The molecule has 3 aromatic carbocycles. The third-order valence-electron chi connectivity index (χ3n) is 4.51. The maximum Gasteiger partial charge on any atom is 0.416 e. The molecule has 0 fully saturated rings. The number of halogens is 3. The molecule has 0 aromatic heterocycles. The van der Waals surface area contributed by atoms with Crippen molar-refractivity contribution < 1.29 is 22.7 Å². The molecular weight excluding hydrogens is 367 g/mol. The molecule has 0 unspecified atom stereocenters. The van der Waals surface area contributed by atoms with Crippen molar-refractivity contribution in [3.63, 3.8) is 0 Å². The summed E-state index contributed by atoms with van der Waals surface area (Å²) in [6, 6.07) is 17.7. The first kappa shape index (κ1) is 17.9. The van der Waals surface area contributed by atoms with Crippen molar-refractivity contribution in [2.75, 3.05) is 0 Å². The molecule has 6 heteroatoms. The zero-order chi connectivity index (χ0) is 19.9. The smallest absolute Gasteiger partial charge is 0.416 e. The van der Waals surface area contributed by atoms with Crippen molar-refractivity contribution in [2.45, 2.75) is 6.18 Å². The summed E-state index contributed by atoms with van der Waals surface area (Å²) in [5.41, 5.74) is 5.72. The minimum Gasteiger partial charge on any atom is -0.437 e. The Morgan fingerprint density at radius 2 is 1.64 bits per heavy atom. The summed E-state index contributed by atoms with van der Waals surface area (Å²) in [6.07, 6.45) is -2.96. The van der Waals surface area contributed by atoms with E-state index in [1.165, 1.54) is 12.1 Å². The summed E-state index contributed by atoms with van der Waals surface area (Å²) in [7, 11) is 0. The van der Waals surface area contributed by atoms with Crippen LogP contribution >= 0.6 is 0 Å². The standard InChI is InChI=1S/C22H14F3NO2/c23-22(24,25)16-9-4-8-15(11-16)19-20(27)18(28-21(19)26)12-14-7-3-6-13-5-1-2-10-17(13)14/h1-12H,26H2. The monoisotopic (exact) mass is 381 g/mol. The summed E-state index contributed by atoms with van der Waals surface area (Å²) in [4.78, 5) is 12.8. The van der Waals surface area contributed by atoms with Crippen molar-refractivity contribution in [2.24, 2.45) is 5.73 Å². The largest absolute Gasteiger partial charge is 0.437 e. The van der Waals surface area contributed by atoms with Crippen LogP contribution in [0.15, 0.2) is 78.4 Å². The molecule has 0 spiro atoms. The zero-order valence-corrected chi connectivity index (χ0v) is 14.5. The molecule has 140 valence electrons. The number of carbonyl (C=O) groups is 1. The Labute approximate surface area is 158 Å². The van der Waals surface area contributed by atoms with Gasteiger partial charge in [0.2, 0.25) is 11.7 Å². The second kappa shape index (κ2) is 6.56. The summed E-state index contributed by atoms with van der Waals surface area (Å²) >= 11 is 0. The van der Waals surface area contributed by atoms with E-state index in [1.54, 1.807) is 6.08 Å². The van der Waals surface area contributed by atoms with E-state index >= 15 is 0 Å². The fraction of sp³-hybridized carbons (Fsp3) is 0.0455. The predicted octanol–water partition coefficient (Wildman–Crippen LogP) is 5.13. The molecule has 0 saturated carbocycles. The zero-order valence-electron chi connectivity index (χ0n) is 14.5. The average Bonchev–Trinajstić information content (AvgIpc) is 2.95. The molecule has 3 aromatic rings. The van der Waals surface area contributed by atoms with Crippen LogP contribution in [0, 0.1) is 0 Å². The van der Waals surface area contributed by atoms with Crippen molar-refractivity contribution in [3.8, 4) is 0 Å². The number of hydrogen-bond donors (Lipinski definition) is 1. The summed E-state index contributed by atoms with van der Waals surface area (Å²) in [5, 5.41) is 1.90. The van der Waals surface area contributed by atoms with E-state index in [-0.39, 0.29) is 22.8 Å². The van der Waals surface area contributed by atoms with Gasteiger partial charge in [-0.15, -0.1) is 0 Å². The summed E-state index contributed by atoms with van der Waals surface area (Å²) < 4.78 is 44.4. The highest BCUT2D eigenvalue weighted by Crippen LogP contribution is 2.35. The van der Waals surface area contributed by atoms with Gasteiger partial charge in [0.05, 0.1) is 11.1 Å². The number of alkyl halides is 3. The van der Waals surface area contributed by atoms with E-state index in [2.05, 4.69) is 0 Å². The number of ether oxygens (including phenoxy) is 1. The molecule has 0 bridgehead atoms. The minimum atomic E-state index is -4.52. The summed E-state index contributed by atoms with van der Waals surface area (Å²) in [6.45, 7) is 0. The first-order chi connectivity index (χ1) is 13.3. The lowest BCUT2D eigenvalue weighted by Crippen LogP contribution is -2.07. The molecule has 28 heavy (non-hydrogen) atoms. The number of allylic oxidation sites excluding steroid dienone is 1. The Morgan fingerprint density at radius 3 is 2.43 bits per heavy atom. The normalized spacial score (nSPS) is 16.1. The van der Waals surface area contributed by atoms with Crippen LogP contribution < -0.4 is 5.73 Å². The van der Waals surface area contributed by atoms with Crippen LogP contribution in [0.4, 0.5) is 13.2 Å². The van der Waals surface area contributed by atoms with E-state index in [1.807, 2.05) is 42.5 Å². The van der Waals surface area contributed by atoms with E-state index in [0.717, 1.165) is 28.5 Å². The Bertz CT molecular complexity index is 1150. The van der Waals surface area contributed by atoms with Crippen molar-refractivity contribution in [3.05, 3.63) is 95.1 Å². The molecule has 0 saturated heterocycles. The number of fused-ring (bicyclic) bond motifs is 1. The van der Waals surface area contributed by atoms with Crippen LogP contribution in [0.1, 0.15) is 16.7 Å². The van der Waals surface area contributed by atoms with E-state index in [0.29, 0.717) is 0 Å². The number of ketones is 1. The quantitative estimate of drug-likeness (QED) is 0.627. The number of hydrogen-bond acceptors (Lipinski definition) is 3. The van der Waals surface area contributed by atoms with Crippen LogP contribution in [0.5, 0.6) is 0 Å². The number of nitrogens with two attached hydrogens (primary N) is 1. The maximum atomic E-state index is 13.0. The lowest BCUT2D eigenvalue weighted by molar-refractivity contribution is -0.137. The molecule has 4 rings (SSSR count). The molecular formula is C22H14F3NO2. The summed E-state index contributed by atoms with van der Waals surface area (Å²) in [5.74, 6) is -0.790. The third-order valence-corrected chi connectivity index (χ3v) is 4.51. The molecule has 0 aliphatic carbocycles. The van der Waals surface area contributed by atoms with Crippen LogP contribution in [-0.4, -0.2) is 5.78 Å². The Kier molecular flexibility index (Phi) is 4.19. The minimum absolute atomic E-state index is 0.0266. The molecule has 0 atom stereocenters. The molecule has 0 radical (unpaired) electrons. The van der Waals surface area contributed by atoms with Gasteiger partial charge in [0.15, 0.2) is 5.76 Å². The molecule has 3 nitrogen and oxygen atoms in total. The number of rotatable bonds is 2. The van der Waals surface area contributed by atoms with Crippen LogP contribution in [0.2, 0.25) is 0 Å². The lowest BCUT2D eigenvalue weighted by atomic mass is 9.98. The van der Waals surface area contributed by atoms with Crippen LogP contribution in [0.25, 0.3) is 22.4 Å². The van der Waals surface area contributed by atoms with Crippen LogP contribution in [0.3, 0.4) is 0 Å². The van der Waals surface area contributed by atoms with Gasteiger partial charge in [-0.25, -0.2) is 0 Å². The first-order valence-corrected chi connectivity index (χ1v) is 8.44. The van der Waals surface area contributed by atoms with Gasteiger partial charge in [-0.1, -0.05) is 54.6 Å². The highest BCUT2D eigenvalue weighted by Gasteiger charge is 2.34. The highest BCUT2D eigenvalue weighted by atomic mass is 19.4. The third kappa shape index (κ3) is 3.13. The van der Waals surface area contributed by atoms with Gasteiger partial charge >= 0.3 is 6.18 Å². The Morgan fingerprint density at radius 1 is 0.929 bits per heavy atom. The van der Waals surface area contributed by atoms with Crippen LogP contribution in [-0.2, 0) is 15.7 Å². The predicted molar refractivity (Wildman–Crippen MR) is 101 cm³/mol. The molecule has 1 aliphatic heterocycles. The molecule has 1 aliphatic rings. The van der Waals surface area contributed by atoms with Gasteiger partial charge in [0.1, 0.15) is 0 Å².